The summed E-state index contributed by atoms with van der Waals surface area (Å²) in [5.74, 6) is -0.487. The molecule has 1 fully saturated rings. The van der Waals surface area contributed by atoms with Crippen molar-refractivity contribution < 1.29 is 15.1 Å². The van der Waals surface area contributed by atoms with E-state index in [1.54, 1.807) is 0 Å². The summed E-state index contributed by atoms with van der Waals surface area (Å²) in [6.07, 6.45) is 5.17. The van der Waals surface area contributed by atoms with Crippen LogP contribution in [0.4, 0.5) is 0 Å². The van der Waals surface area contributed by atoms with Gasteiger partial charge in [-0.25, -0.2) is 0 Å². The van der Waals surface area contributed by atoms with Gasteiger partial charge in [-0.2, -0.15) is 0 Å². The smallest absolute Gasteiger partial charge is 0.307 e. The maximum Gasteiger partial charge on any atom is 0.307 e. The van der Waals surface area contributed by atoms with Crippen LogP contribution in [0.15, 0.2) is 29.4 Å². The van der Waals surface area contributed by atoms with Gasteiger partial charge < -0.3 is 10.3 Å². The lowest BCUT2D eigenvalue weighted by molar-refractivity contribution is -0.136. The van der Waals surface area contributed by atoms with Gasteiger partial charge in [0.25, 0.3) is 0 Å². The van der Waals surface area contributed by atoms with Crippen LogP contribution in [0.5, 0.6) is 0 Å². The summed E-state index contributed by atoms with van der Waals surface area (Å²) in [6.45, 7) is 0. The number of aliphatic carboxylic acids is 1. The molecule has 1 aromatic carbocycles. The molecule has 0 amide bonds. The first-order valence-corrected chi connectivity index (χ1v) is 6.69. The second-order valence-electron chi connectivity index (χ2n) is 5.13. The molecule has 19 heavy (non-hydrogen) atoms. The highest BCUT2D eigenvalue weighted by Crippen LogP contribution is 2.25. The van der Waals surface area contributed by atoms with Crippen molar-refractivity contribution in [2.75, 3.05) is 0 Å². The number of hydrogen-bond donors (Lipinski definition) is 2. The lowest BCUT2D eigenvalue weighted by Crippen LogP contribution is -2.21. The van der Waals surface area contributed by atoms with Crippen molar-refractivity contribution in [1.82, 2.24) is 0 Å². The summed E-state index contributed by atoms with van der Waals surface area (Å²) in [5.41, 5.74) is 2.89. The molecule has 0 radical (unpaired) electrons. The molecule has 4 heteroatoms. The van der Waals surface area contributed by atoms with Gasteiger partial charge in [0.15, 0.2) is 0 Å². The highest BCUT2D eigenvalue weighted by molar-refractivity contribution is 5.87. The number of oxime groups is 1. The quantitative estimate of drug-likeness (QED) is 0.646. The summed E-state index contributed by atoms with van der Waals surface area (Å²) in [7, 11) is 0. The molecule has 0 heterocycles. The zero-order chi connectivity index (χ0) is 13.7. The van der Waals surface area contributed by atoms with Crippen LogP contribution in [0.25, 0.3) is 0 Å². The van der Waals surface area contributed by atoms with Gasteiger partial charge in [0.2, 0.25) is 0 Å². The molecule has 4 nitrogen and oxygen atoms in total. The number of carbonyl (C=O) groups is 1. The Morgan fingerprint density at radius 2 is 1.89 bits per heavy atom. The van der Waals surface area contributed by atoms with E-state index < -0.39 is 5.97 Å². The number of benzene rings is 1. The fraction of sp³-hybridized carbons (Fsp3) is 0.467. The average molecular weight is 261 g/mol. The number of carboxylic acid groups (broad SMARTS) is 1. The van der Waals surface area contributed by atoms with Gasteiger partial charge in [-0.1, -0.05) is 35.8 Å². The SMILES string of the molecule is O=C(O)Cc1ccc(CC2CCCC/C2=N/O)cc1. The van der Waals surface area contributed by atoms with Gasteiger partial charge in [0, 0.05) is 5.92 Å². The fourth-order valence-corrected chi connectivity index (χ4v) is 2.67. The molecule has 2 rings (SSSR count). The molecule has 1 aliphatic rings. The summed E-state index contributed by atoms with van der Waals surface area (Å²) < 4.78 is 0. The number of hydrogen-bond acceptors (Lipinski definition) is 3. The lowest BCUT2D eigenvalue weighted by Gasteiger charge is -2.22. The van der Waals surface area contributed by atoms with Crippen LogP contribution in [0, 0.1) is 5.92 Å². The van der Waals surface area contributed by atoms with E-state index in [1.165, 1.54) is 12.0 Å². The van der Waals surface area contributed by atoms with E-state index in [2.05, 4.69) is 5.16 Å². The van der Waals surface area contributed by atoms with Gasteiger partial charge in [-0.3, -0.25) is 4.79 Å². The van der Waals surface area contributed by atoms with Gasteiger partial charge in [-0.05, 0) is 36.8 Å². The van der Waals surface area contributed by atoms with E-state index in [4.69, 9.17) is 10.3 Å². The predicted octanol–water partition coefficient (Wildman–Crippen LogP) is 2.88. The van der Waals surface area contributed by atoms with Crippen molar-refractivity contribution in [3.05, 3.63) is 35.4 Å². The first kappa shape index (κ1) is 13.6. The second kappa shape index (κ2) is 6.36. The van der Waals surface area contributed by atoms with Crippen LogP contribution in [-0.2, 0) is 17.6 Å². The Bertz CT molecular complexity index is 465. The van der Waals surface area contributed by atoms with Gasteiger partial charge in [-0.15, -0.1) is 0 Å². The van der Waals surface area contributed by atoms with Gasteiger partial charge >= 0.3 is 5.97 Å². The molecule has 0 saturated heterocycles. The minimum absolute atomic E-state index is 0.0626. The third-order valence-corrected chi connectivity index (χ3v) is 3.70. The molecule has 102 valence electrons. The van der Waals surface area contributed by atoms with E-state index >= 15 is 0 Å². The van der Waals surface area contributed by atoms with Crippen molar-refractivity contribution in [2.24, 2.45) is 11.1 Å². The molecule has 1 atom stereocenters. The minimum Gasteiger partial charge on any atom is -0.481 e. The third-order valence-electron chi connectivity index (χ3n) is 3.70. The van der Waals surface area contributed by atoms with Gasteiger partial charge in [0.1, 0.15) is 0 Å². The number of rotatable bonds is 4. The molecule has 0 aliphatic heterocycles. The van der Waals surface area contributed by atoms with Crippen LogP contribution in [-0.4, -0.2) is 22.0 Å². The Morgan fingerprint density at radius 1 is 1.21 bits per heavy atom. The van der Waals surface area contributed by atoms with Crippen LogP contribution in [0.3, 0.4) is 0 Å². The van der Waals surface area contributed by atoms with E-state index in [0.29, 0.717) is 5.92 Å². The number of nitrogens with zero attached hydrogens (tertiary/aromatic N) is 1. The fourth-order valence-electron chi connectivity index (χ4n) is 2.67. The molecular formula is C15H19NO3. The van der Waals surface area contributed by atoms with E-state index in [0.717, 1.165) is 37.0 Å². The molecule has 0 aromatic heterocycles. The molecule has 1 unspecified atom stereocenters. The Morgan fingerprint density at radius 3 is 2.53 bits per heavy atom. The third kappa shape index (κ3) is 3.81. The topological polar surface area (TPSA) is 69.9 Å². The molecule has 0 spiro atoms. The van der Waals surface area contributed by atoms with Crippen LogP contribution in [0.2, 0.25) is 0 Å². The molecule has 0 bridgehead atoms. The molecule has 1 saturated carbocycles. The summed E-state index contributed by atoms with van der Waals surface area (Å²) >= 11 is 0. The molecule has 1 aromatic rings. The van der Waals surface area contributed by atoms with Crippen LogP contribution in [0.1, 0.15) is 36.8 Å². The normalized spacial score (nSPS) is 21.5. The van der Waals surface area contributed by atoms with Gasteiger partial charge in [0.05, 0.1) is 12.1 Å². The Hall–Kier alpha value is -1.84. The Labute approximate surface area is 112 Å². The first-order chi connectivity index (χ1) is 9.19. The summed E-state index contributed by atoms with van der Waals surface area (Å²) in [5, 5.41) is 21.1. The molecular weight excluding hydrogens is 242 g/mol. The second-order valence-corrected chi connectivity index (χ2v) is 5.13. The predicted molar refractivity (Wildman–Crippen MR) is 72.7 cm³/mol. The monoisotopic (exact) mass is 261 g/mol. The molecule has 2 N–H and O–H groups in total. The highest BCUT2D eigenvalue weighted by atomic mass is 16.4. The van der Waals surface area contributed by atoms with Crippen molar-refractivity contribution in [1.29, 1.82) is 0 Å². The van der Waals surface area contributed by atoms with Crippen molar-refractivity contribution >= 4 is 11.7 Å². The largest absolute Gasteiger partial charge is 0.481 e. The standard InChI is InChI=1S/C15H19NO3/c17-15(18)10-12-7-5-11(6-8-12)9-13-3-1-2-4-14(13)16-19/h5-8,13,19H,1-4,9-10H2,(H,17,18)/b16-14-. The molecule has 1 aliphatic carbocycles. The summed E-state index contributed by atoms with van der Waals surface area (Å²) in [6, 6.07) is 7.67. The van der Waals surface area contributed by atoms with Crippen LogP contribution < -0.4 is 0 Å². The zero-order valence-electron chi connectivity index (χ0n) is 10.9. The van der Waals surface area contributed by atoms with E-state index in [1.807, 2.05) is 24.3 Å². The maximum absolute atomic E-state index is 10.6. The minimum atomic E-state index is -0.810. The number of carboxylic acids is 1. The van der Waals surface area contributed by atoms with E-state index in [-0.39, 0.29) is 6.42 Å². The van der Waals surface area contributed by atoms with Crippen molar-refractivity contribution in [2.45, 2.75) is 38.5 Å². The highest BCUT2D eigenvalue weighted by Gasteiger charge is 2.21. The van der Waals surface area contributed by atoms with E-state index in [9.17, 15) is 4.79 Å². The lowest BCUT2D eigenvalue weighted by atomic mass is 9.83. The Kier molecular flexibility index (Phi) is 4.55. The maximum atomic E-state index is 10.6. The summed E-state index contributed by atoms with van der Waals surface area (Å²) in [4.78, 5) is 10.6. The average Bonchev–Trinajstić information content (AvgIpc) is 2.41. The Balaban J connectivity index is 2.00. The first-order valence-electron chi connectivity index (χ1n) is 6.69. The van der Waals surface area contributed by atoms with Crippen molar-refractivity contribution in [3.8, 4) is 0 Å². The zero-order valence-corrected chi connectivity index (χ0v) is 10.9. The van der Waals surface area contributed by atoms with Crippen molar-refractivity contribution in [3.63, 3.8) is 0 Å². The van der Waals surface area contributed by atoms with Crippen LogP contribution >= 0.6 is 0 Å².